The number of aliphatic hydroxyl groups is 1. The van der Waals surface area contributed by atoms with Gasteiger partial charge in [0.25, 0.3) is 5.91 Å². The van der Waals surface area contributed by atoms with Crippen LogP contribution in [0.2, 0.25) is 0 Å². The summed E-state index contributed by atoms with van der Waals surface area (Å²) in [6.07, 6.45) is 0.706. The molecule has 20 heavy (non-hydrogen) atoms. The minimum atomic E-state index is -1.29. The molecule has 0 aliphatic carbocycles. The average Bonchev–Trinajstić information content (AvgIpc) is 2.81. The van der Waals surface area contributed by atoms with Gasteiger partial charge in [-0.15, -0.1) is 11.3 Å². The number of amides is 1. The second kappa shape index (κ2) is 7.98. The highest BCUT2D eigenvalue weighted by Crippen LogP contribution is 2.27. The van der Waals surface area contributed by atoms with Gasteiger partial charge in [-0.25, -0.2) is 0 Å². The summed E-state index contributed by atoms with van der Waals surface area (Å²) in [5.41, 5.74) is 0.0282. The number of carboxylic acid groups (broad SMARTS) is 1. The molecule has 1 aromatic rings. The van der Waals surface area contributed by atoms with E-state index in [0.29, 0.717) is 24.5 Å². The summed E-state index contributed by atoms with van der Waals surface area (Å²) in [5, 5.41) is 22.9. The van der Waals surface area contributed by atoms with Crippen molar-refractivity contribution < 1.29 is 24.7 Å². The number of carbonyl (C=O) groups excluding carboxylic acids is 2. The smallest absolute Gasteiger partial charge is 0.280 e. The maximum Gasteiger partial charge on any atom is 0.280 e. The van der Waals surface area contributed by atoms with E-state index >= 15 is 0 Å². The molecule has 1 heterocycles. The second-order valence-corrected chi connectivity index (χ2v) is 5.54. The van der Waals surface area contributed by atoms with E-state index in [-0.39, 0.29) is 24.6 Å². The summed E-state index contributed by atoms with van der Waals surface area (Å²) >= 11 is 1.25. The topological polar surface area (TPSA) is 93.9 Å². The Labute approximate surface area is 122 Å². The van der Waals surface area contributed by atoms with Gasteiger partial charge in [-0.3, -0.25) is 4.79 Å². The van der Waals surface area contributed by atoms with Crippen molar-refractivity contribution in [3.8, 4) is 0 Å². The third-order valence-corrected chi connectivity index (χ3v) is 4.18. The average molecular weight is 300 g/mol. The molecule has 0 spiro atoms. The number of carbonyl (C=O) groups is 2. The number of hydrogen-bond donors (Lipinski definition) is 3. The van der Waals surface area contributed by atoms with Crippen LogP contribution in [0.3, 0.4) is 0 Å². The van der Waals surface area contributed by atoms with E-state index in [4.69, 9.17) is 5.11 Å². The molecule has 1 amide bonds. The van der Waals surface area contributed by atoms with Crippen LogP contribution in [-0.4, -0.2) is 43.2 Å². The van der Waals surface area contributed by atoms with Crippen molar-refractivity contribution in [3.05, 3.63) is 16.5 Å². The van der Waals surface area contributed by atoms with Gasteiger partial charge in [0, 0.05) is 10.4 Å². The summed E-state index contributed by atoms with van der Waals surface area (Å²) < 4.78 is 0. The highest BCUT2D eigenvalue weighted by atomic mass is 32.1. The predicted molar refractivity (Wildman–Crippen MR) is 75.0 cm³/mol. The van der Waals surface area contributed by atoms with Crippen LogP contribution in [0.4, 0.5) is 5.00 Å². The Bertz CT molecular complexity index is 473. The Hall–Kier alpha value is -1.44. The number of thiophene rings is 1. The highest BCUT2D eigenvalue weighted by Gasteiger charge is 2.16. The van der Waals surface area contributed by atoms with Crippen LogP contribution in [0.5, 0.6) is 0 Å². The molecule has 0 aliphatic rings. The SMILES string of the molecule is CCc1cc(C(=O)[O-])c(NC(=O)C[NH+](CC)CCO)s1. The summed E-state index contributed by atoms with van der Waals surface area (Å²) in [6, 6.07) is 1.54. The van der Waals surface area contributed by atoms with E-state index in [9.17, 15) is 14.7 Å². The van der Waals surface area contributed by atoms with Crippen molar-refractivity contribution in [2.24, 2.45) is 0 Å². The summed E-state index contributed by atoms with van der Waals surface area (Å²) in [5.74, 6) is -1.55. The van der Waals surface area contributed by atoms with Gasteiger partial charge in [0.2, 0.25) is 0 Å². The van der Waals surface area contributed by atoms with Crippen molar-refractivity contribution >= 4 is 28.2 Å². The van der Waals surface area contributed by atoms with Crippen molar-refractivity contribution in [1.82, 2.24) is 0 Å². The summed E-state index contributed by atoms with van der Waals surface area (Å²) in [7, 11) is 0. The van der Waals surface area contributed by atoms with Gasteiger partial charge in [-0.05, 0) is 19.4 Å². The van der Waals surface area contributed by atoms with Gasteiger partial charge in [0.15, 0.2) is 6.54 Å². The van der Waals surface area contributed by atoms with Crippen molar-refractivity contribution in [2.75, 3.05) is 31.6 Å². The molecular formula is C13H20N2O4S. The molecule has 0 aromatic carbocycles. The van der Waals surface area contributed by atoms with Crippen LogP contribution >= 0.6 is 11.3 Å². The summed E-state index contributed by atoms with van der Waals surface area (Å²) in [4.78, 5) is 24.7. The summed E-state index contributed by atoms with van der Waals surface area (Å²) in [6.45, 7) is 5.25. The zero-order valence-electron chi connectivity index (χ0n) is 11.7. The van der Waals surface area contributed by atoms with Gasteiger partial charge in [0.05, 0.1) is 19.1 Å². The van der Waals surface area contributed by atoms with E-state index in [0.717, 1.165) is 9.78 Å². The monoisotopic (exact) mass is 300 g/mol. The van der Waals surface area contributed by atoms with Gasteiger partial charge in [-0.2, -0.15) is 0 Å². The first-order valence-corrected chi connectivity index (χ1v) is 7.41. The molecule has 1 aromatic heterocycles. The molecular weight excluding hydrogens is 280 g/mol. The lowest BCUT2D eigenvalue weighted by Crippen LogP contribution is -3.13. The van der Waals surface area contributed by atoms with Gasteiger partial charge in [-0.1, -0.05) is 6.92 Å². The molecule has 0 aliphatic heterocycles. The fraction of sp³-hybridized carbons (Fsp3) is 0.538. The third-order valence-electron chi connectivity index (χ3n) is 2.98. The minimum Gasteiger partial charge on any atom is -0.545 e. The Morgan fingerprint density at radius 2 is 2.15 bits per heavy atom. The number of hydrogen-bond acceptors (Lipinski definition) is 5. The number of aryl methyl sites for hydroxylation is 1. The predicted octanol–water partition coefficient (Wildman–Crippen LogP) is -1.49. The lowest BCUT2D eigenvalue weighted by Gasteiger charge is -2.15. The van der Waals surface area contributed by atoms with Crippen LogP contribution in [0.1, 0.15) is 29.1 Å². The molecule has 0 radical (unpaired) electrons. The van der Waals surface area contributed by atoms with Crippen LogP contribution in [0.15, 0.2) is 6.07 Å². The van der Waals surface area contributed by atoms with E-state index < -0.39 is 5.97 Å². The van der Waals surface area contributed by atoms with Crippen LogP contribution < -0.4 is 15.3 Å². The molecule has 6 nitrogen and oxygen atoms in total. The molecule has 1 rings (SSSR count). The number of nitrogens with one attached hydrogen (secondary N) is 2. The lowest BCUT2D eigenvalue weighted by atomic mass is 10.2. The van der Waals surface area contributed by atoms with E-state index in [1.165, 1.54) is 17.4 Å². The highest BCUT2D eigenvalue weighted by molar-refractivity contribution is 7.16. The zero-order chi connectivity index (χ0) is 15.1. The Balaban J connectivity index is 2.74. The second-order valence-electron chi connectivity index (χ2n) is 4.40. The van der Waals surface area contributed by atoms with E-state index in [1.807, 2.05) is 13.8 Å². The Kier molecular flexibility index (Phi) is 6.63. The van der Waals surface area contributed by atoms with Crippen molar-refractivity contribution in [3.63, 3.8) is 0 Å². The first-order chi connectivity index (χ1) is 9.51. The number of likely N-dealkylation sites (N-methyl/N-ethyl adjacent to an activating group) is 1. The normalized spacial score (nSPS) is 12.2. The van der Waals surface area contributed by atoms with Gasteiger partial charge >= 0.3 is 0 Å². The molecule has 7 heteroatoms. The molecule has 112 valence electrons. The number of anilines is 1. The maximum atomic E-state index is 11.9. The first kappa shape index (κ1) is 16.6. The Morgan fingerprint density at radius 1 is 1.45 bits per heavy atom. The number of quaternary nitrogens is 1. The largest absolute Gasteiger partial charge is 0.545 e. The van der Waals surface area contributed by atoms with Crippen LogP contribution in [0.25, 0.3) is 0 Å². The zero-order valence-corrected chi connectivity index (χ0v) is 12.5. The Morgan fingerprint density at radius 3 is 2.65 bits per heavy atom. The lowest BCUT2D eigenvalue weighted by molar-refractivity contribution is -0.890. The molecule has 3 N–H and O–H groups in total. The standard InChI is InChI=1S/C13H20N2O4S/c1-3-9-7-10(13(18)19)12(20-9)14-11(17)8-15(4-2)5-6-16/h7,16H,3-6,8H2,1-2H3,(H,14,17)(H,18,19). The fourth-order valence-corrected chi connectivity index (χ4v) is 2.81. The quantitative estimate of drug-likeness (QED) is 0.545. The number of aliphatic hydroxyl groups excluding tert-OH is 1. The maximum absolute atomic E-state index is 11.9. The number of carboxylic acids is 1. The molecule has 0 fully saturated rings. The minimum absolute atomic E-state index is 0.0136. The van der Waals surface area contributed by atoms with Crippen LogP contribution in [-0.2, 0) is 11.2 Å². The van der Waals surface area contributed by atoms with Gasteiger partial charge in [0.1, 0.15) is 11.5 Å². The number of rotatable bonds is 8. The molecule has 1 unspecified atom stereocenters. The van der Waals surface area contributed by atoms with E-state index in [2.05, 4.69) is 5.32 Å². The van der Waals surface area contributed by atoms with Crippen LogP contribution in [0, 0.1) is 0 Å². The first-order valence-electron chi connectivity index (χ1n) is 6.60. The third kappa shape index (κ3) is 4.59. The van der Waals surface area contributed by atoms with E-state index in [1.54, 1.807) is 0 Å². The molecule has 0 bridgehead atoms. The fourth-order valence-electron chi connectivity index (χ4n) is 1.81. The molecule has 0 saturated heterocycles. The van der Waals surface area contributed by atoms with Crippen molar-refractivity contribution in [1.29, 1.82) is 0 Å². The molecule has 0 saturated carbocycles. The number of aromatic carboxylic acids is 1. The van der Waals surface area contributed by atoms with Gasteiger partial charge < -0.3 is 25.2 Å². The molecule has 1 atom stereocenters. The van der Waals surface area contributed by atoms with Crippen molar-refractivity contribution in [2.45, 2.75) is 20.3 Å².